The van der Waals surface area contributed by atoms with Crippen molar-refractivity contribution in [1.29, 1.82) is 0 Å². The van der Waals surface area contributed by atoms with Crippen molar-refractivity contribution in [3.8, 4) is 5.75 Å². The maximum Gasteiger partial charge on any atom is 0.150 e. The van der Waals surface area contributed by atoms with Crippen LogP contribution in [0.25, 0.3) is 0 Å². The van der Waals surface area contributed by atoms with Gasteiger partial charge >= 0.3 is 0 Å². The number of benzene rings is 2. The van der Waals surface area contributed by atoms with Gasteiger partial charge in [-0.1, -0.05) is 42.5 Å². The fourth-order valence-corrected chi connectivity index (χ4v) is 2.99. The first-order valence-corrected chi connectivity index (χ1v) is 7.86. The molecule has 0 amide bonds. The predicted molar refractivity (Wildman–Crippen MR) is 88.3 cm³/mol. The van der Waals surface area contributed by atoms with Gasteiger partial charge in [-0.2, -0.15) is 0 Å². The number of carbonyl (C=O) groups is 1. The number of aliphatic hydroxyl groups is 1. The Kier molecular flexibility index (Phi) is 4.74. The summed E-state index contributed by atoms with van der Waals surface area (Å²) in [5.41, 5.74) is 8.20. The molecule has 1 aliphatic rings. The molecule has 0 spiro atoms. The Morgan fingerprint density at radius 2 is 1.96 bits per heavy atom. The summed E-state index contributed by atoms with van der Waals surface area (Å²) >= 11 is 0. The van der Waals surface area contributed by atoms with E-state index in [0.29, 0.717) is 18.8 Å². The number of ether oxygens (including phenoxy) is 1. The van der Waals surface area contributed by atoms with Crippen molar-refractivity contribution in [2.24, 2.45) is 11.7 Å². The van der Waals surface area contributed by atoms with E-state index in [9.17, 15) is 9.90 Å². The van der Waals surface area contributed by atoms with Crippen LogP contribution in [0.1, 0.15) is 22.8 Å². The Morgan fingerprint density at radius 1 is 1.17 bits per heavy atom. The van der Waals surface area contributed by atoms with Crippen LogP contribution >= 0.6 is 0 Å². The highest BCUT2D eigenvalue weighted by atomic mass is 16.5. The van der Waals surface area contributed by atoms with E-state index in [4.69, 9.17) is 10.5 Å². The van der Waals surface area contributed by atoms with Crippen LogP contribution in [0.3, 0.4) is 0 Å². The second-order valence-corrected chi connectivity index (χ2v) is 6.00. The van der Waals surface area contributed by atoms with E-state index in [1.54, 1.807) is 0 Å². The van der Waals surface area contributed by atoms with E-state index < -0.39 is 6.10 Å². The van der Waals surface area contributed by atoms with Crippen LogP contribution in [0.4, 0.5) is 0 Å². The molecule has 1 heterocycles. The van der Waals surface area contributed by atoms with Gasteiger partial charge in [0.2, 0.25) is 0 Å². The largest absolute Gasteiger partial charge is 0.493 e. The van der Waals surface area contributed by atoms with Gasteiger partial charge < -0.3 is 15.6 Å². The normalized spacial score (nSPS) is 19.7. The summed E-state index contributed by atoms with van der Waals surface area (Å²) in [6.45, 7) is 0.511. The highest BCUT2D eigenvalue weighted by Gasteiger charge is 2.29. The van der Waals surface area contributed by atoms with Crippen LogP contribution in [0.2, 0.25) is 0 Å². The van der Waals surface area contributed by atoms with Crippen LogP contribution in [-0.4, -0.2) is 24.0 Å². The molecule has 1 aliphatic heterocycles. The lowest BCUT2D eigenvalue weighted by molar-refractivity contribution is -0.117. The minimum atomic E-state index is -0.557. The zero-order chi connectivity index (χ0) is 16.2. The number of carbonyl (C=O) groups excluding carboxylic acids is 1. The Balaban J connectivity index is 1.75. The van der Waals surface area contributed by atoms with Crippen molar-refractivity contribution in [1.82, 2.24) is 0 Å². The third-order valence-corrected chi connectivity index (χ3v) is 4.27. The van der Waals surface area contributed by atoms with Gasteiger partial charge in [0.1, 0.15) is 5.75 Å². The Hall–Kier alpha value is -2.17. The van der Waals surface area contributed by atoms with Crippen LogP contribution in [0.15, 0.2) is 48.5 Å². The molecule has 23 heavy (non-hydrogen) atoms. The zero-order valence-electron chi connectivity index (χ0n) is 12.9. The van der Waals surface area contributed by atoms with Gasteiger partial charge in [-0.3, -0.25) is 4.79 Å². The molecule has 0 saturated carbocycles. The van der Waals surface area contributed by atoms with Gasteiger partial charge in [0.15, 0.2) is 5.78 Å². The van der Waals surface area contributed by atoms with Crippen molar-refractivity contribution in [3.05, 3.63) is 65.2 Å². The molecule has 0 aliphatic carbocycles. The summed E-state index contributed by atoms with van der Waals surface area (Å²) in [5.74, 6) is 0.689. The Labute approximate surface area is 135 Å². The van der Waals surface area contributed by atoms with Gasteiger partial charge in [-0.15, -0.1) is 0 Å². The van der Waals surface area contributed by atoms with Gasteiger partial charge in [-0.25, -0.2) is 0 Å². The topological polar surface area (TPSA) is 72.6 Å². The van der Waals surface area contributed by atoms with Crippen LogP contribution < -0.4 is 10.5 Å². The SMILES string of the molecule is NCC(=O)Cc1ccc2c(c1)OC[C@@H](Cc1ccccc1)[C@@H]2O. The summed E-state index contributed by atoms with van der Waals surface area (Å²) in [7, 11) is 0. The summed E-state index contributed by atoms with van der Waals surface area (Å²) in [4.78, 5) is 11.5. The van der Waals surface area contributed by atoms with Crippen LogP contribution in [-0.2, 0) is 17.6 Å². The molecule has 0 unspecified atom stereocenters. The first kappa shape index (κ1) is 15.7. The van der Waals surface area contributed by atoms with Crippen LogP contribution in [0.5, 0.6) is 5.75 Å². The van der Waals surface area contributed by atoms with Crippen molar-refractivity contribution < 1.29 is 14.6 Å². The molecule has 0 aromatic heterocycles. The standard InChI is InChI=1S/C19H21NO3/c20-11-16(21)9-14-6-7-17-18(10-14)23-12-15(19(17)22)8-13-4-2-1-3-5-13/h1-7,10,15,19,22H,8-9,11-12,20H2/t15-,19+/m1/s1. The van der Waals surface area contributed by atoms with Crippen molar-refractivity contribution in [2.45, 2.75) is 18.9 Å². The average molecular weight is 311 g/mol. The predicted octanol–water partition coefficient (Wildman–Crippen LogP) is 2.04. The fraction of sp³-hybridized carbons (Fsp3) is 0.316. The molecule has 120 valence electrons. The molecule has 2 atom stereocenters. The van der Waals surface area contributed by atoms with E-state index in [1.807, 2.05) is 36.4 Å². The van der Waals surface area contributed by atoms with Gasteiger partial charge in [-0.05, 0) is 23.6 Å². The minimum Gasteiger partial charge on any atom is -0.493 e. The van der Waals surface area contributed by atoms with Crippen molar-refractivity contribution >= 4 is 5.78 Å². The summed E-state index contributed by atoms with van der Waals surface area (Å²) in [6, 6.07) is 15.7. The minimum absolute atomic E-state index is 0.0109. The molecule has 3 rings (SSSR count). The molecule has 4 nitrogen and oxygen atoms in total. The zero-order valence-corrected chi connectivity index (χ0v) is 12.9. The molecule has 4 heteroatoms. The number of rotatable bonds is 5. The number of hydrogen-bond donors (Lipinski definition) is 2. The second-order valence-electron chi connectivity index (χ2n) is 6.00. The maximum absolute atomic E-state index is 11.5. The summed E-state index contributed by atoms with van der Waals surface area (Å²) in [6.07, 6.45) is 0.518. The number of aliphatic hydroxyl groups excluding tert-OH is 1. The van der Waals surface area contributed by atoms with E-state index in [-0.39, 0.29) is 18.2 Å². The third kappa shape index (κ3) is 3.60. The molecule has 0 fully saturated rings. The van der Waals surface area contributed by atoms with E-state index in [2.05, 4.69) is 12.1 Å². The number of fused-ring (bicyclic) bond motifs is 1. The lowest BCUT2D eigenvalue weighted by Gasteiger charge is -2.30. The molecule has 0 saturated heterocycles. The Morgan fingerprint density at radius 3 is 2.70 bits per heavy atom. The first-order chi connectivity index (χ1) is 11.2. The van der Waals surface area contributed by atoms with Gasteiger partial charge in [0.05, 0.1) is 19.3 Å². The monoisotopic (exact) mass is 311 g/mol. The molecule has 0 radical (unpaired) electrons. The third-order valence-electron chi connectivity index (χ3n) is 4.27. The van der Waals surface area contributed by atoms with Crippen molar-refractivity contribution in [2.75, 3.05) is 13.2 Å². The molecule has 2 aromatic carbocycles. The number of nitrogens with two attached hydrogens (primary N) is 1. The van der Waals surface area contributed by atoms with Crippen molar-refractivity contribution in [3.63, 3.8) is 0 Å². The van der Waals surface area contributed by atoms with Gasteiger partial charge in [0.25, 0.3) is 0 Å². The molecular weight excluding hydrogens is 290 g/mol. The molecular formula is C19H21NO3. The fourth-order valence-electron chi connectivity index (χ4n) is 2.99. The van der Waals surface area contributed by atoms with E-state index in [1.165, 1.54) is 5.56 Å². The number of hydrogen-bond acceptors (Lipinski definition) is 4. The van der Waals surface area contributed by atoms with Gasteiger partial charge in [0, 0.05) is 17.9 Å². The summed E-state index contributed by atoms with van der Waals surface area (Å²) in [5, 5.41) is 10.6. The highest BCUT2D eigenvalue weighted by Crippen LogP contribution is 2.37. The quantitative estimate of drug-likeness (QED) is 0.886. The van der Waals surface area contributed by atoms with E-state index >= 15 is 0 Å². The number of ketones is 1. The first-order valence-electron chi connectivity index (χ1n) is 7.86. The highest BCUT2D eigenvalue weighted by molar-refractivity contribution is 5.82. The van der Waals surface area contributed by atoms with E-state index in [0.717, 1.165) is 17.5 Å². The average Bonchev–Trinajstić information content (AvgIpc) is 2.58. The Bertz CT molecular complexity index is 684. The molecule has 2 aromatic rings. The summed E-state index contributed by atoms with van der Waals surface area (Å²) < 4.78 is 5.83. The van der Waals surface area contributed by atoms with Crippen LogP contribution in [0, 0.1) is 5.92 Å². The second kappa shape index (κ2) is 6.94. The smallest absolute Gasteiger partial charge is 0.150 e. The lowest BCUT2D eigenvalue weighted by atomic mass is 9.87. The lowest BCUT2D eigenvalue weighted by Crippen LogP contribution is -2.27. The molecule has 3 N–H and O–H groups in total. The number of Topliss-reactive ketones (excluding diaryl/α,β-unsaturated/α-hetero) is 1. The maximum atomic E-state index is 11.5. The molecule has 0 bridgehead atoms.